The molecule has 4 aromatic rings. The van der Waals surface area contributed by atoms with Gasteiger partial charge in [0.05, 0.1) is 31.3 Å². The predicted octanol–water partition coefficient (Wildman–Crippen LogP) is 3.90. The van der Waals surface area contributed by atoms with Gasteiger partial charge in [-0.1, -0.05) is 48.5 Å². The molecular weight excluding hydrogens is 442 g/mol. The quantitative estimate of drug-likeness (QED) is 0.443. The summed E-state index contributed by atoms with van der Waals surface area (Å²) in [5.41, 5.74) is 3.54. The molecule has 3 aromatic carbocycles. The van der Waals surface area contributed by atoms with Crippen LogP contribution in [0.1, 0.15) is 28.4 Å². The van der Waals surface area contributed by atoms with Crippen LogP contribution in [0.25, 0.3) is 10.8 Å². The van der Waals surface area contributed by atoms with Crippen LogP contribution in [0, 0.1) is 6.92 Å². The number of fused-ring (bicyclic) bond motifs is 2. The van der Waals surface area contributed by atoms with Gasteiger partial charge in [0.1, 0.15) is 6.54 Å². The maximum absolute atomic E-state index is 13.7. The maximum atomic E-state index is 13.7. The van der Waals surface area contributed by atoms with Crippen molar-refractivity contribution in [3.8, 4) is 11.5 Å². The van der Waals surface area contributed by atoms with Gasteiger partial charge in [0.15, 0.2) is 11.5 Å². The maximum Gasteiger partial charge on any atom is 0.275 e. The summed E-state index contributed by atoms with van der Waals surface area (Å²) in [6.07, 6.45) is 0.670. The van der Waals surface area contributed by atoms with Gasteiger partial charge in [-0.25, -0.2) is 4.68 Å². The Labute approximate surface area is 203 Å². The average Bonchev–Trinajstić information content (AvgIpc) is 2.90. The van der Waals surface area contributed by atoms with E-state index in [1.165, 1.54) is 4.68 Å². The minimum Gasteiger partial charge on any atom is -0.493 e. The molecule has 2 heterocycles. The predicted molar refractivity (Wildman–Crippen MR) is 134 cm³/mol. The van der Waals surface area contributed by atoms with Crippen LogP contribution in [-0.2, 0) is 17.8 Å². The Morgan fingerprint density at radius 3 is 2.34 bits per heavy atom. The summed E-state index contributed by atoms with van der Waals surface area (Å²) in [4.78, 5) is 28.6. The lowest BCUT2D eigenvalue weighted by molar-refractivity contribution is -0.134. The molecule has 0 aliphatic carbocycles. The second-order valence-electron chi connectivity index (χ2n) is 8.65. The van der Waals surface area contributed by atoms with Crippen molar-refractivity contribution in [2.24, 2.45) is 0 Å². The van der Waals surface area contributed by atoms with E-state index in [4.69, 9.17) is 9.47 Å². The highest BCUT2D eigenvalue weighted by Gasteiger charge is 2.33. The van der Waals surface area contributed by atoms with Crippen molar-refractivity contribution in [1.29, 1.82) is 0 Å². The second kappa shape index (κ2) is 9.25. The monoisotopic (exact) mass is 469 g/mol. The summed E-state index contributed by atoms with van der Waals surface area (Å²) in [5.74, 6) is 1.12. The highest BCUT2D eigenvalue weighted by atomic mass is 16.5. The number of hydrogen-bond donors (Lipinski definition) is 0. The molecule has 0 radical (unpaired) electrons. The van der Waals surface area contributed by atoms with Crippen LogP contribution < -0.4 is 15.0 Å². The van der Waals surface area contributed by atoms with Gasteiger partial charge in [-0.2, -0.15) is 5.10 Å². The smallest absolute Gasteiger partial charge is 0.275 e. The summed E-state index contributed by atoms with van der Waals surface area (Å²) < 4.78 is 12.4. The first kappa shape index (κ1) is 22.7. The van der Waals surface area contributed by atoms with E-state index in [-0.39, 0.29) is 24.1 Å². The number of carbonyl (C=O) groups excluding carboxylic acids is 1. The SMILES string of the molecule is COc1cc2c(cc1OC)C(c1ccccc1)N(C(=O)Cn1nc(C)c3ccccc3c1=O)CC2. The zero-order valence-electron chi connectivity index (χ0n) is 20.0. The Balaban J connectivity index is 1.57. The van der Waals surface area contributed by atoms with Crippen molar-refractivity contribution in [2.45, 2.75) is 25.9 Å². The Morgan fingerprint density at radius 1 is 0.971 bits per heavy atom. The van der Waals surface area contributed by atoms with Gasteiger partial charge in [-0.05, 0) is 48.2 Å². The van der Waals surface area contributed by atoms with Gasteiger partial charge in [-0.3, -0.25) is 9.59 Å². The number of nitrogens with zero attached hydrogens (tertiary/aromatic N) is 3. The first-order valence-electron chi connectivity index (χ1n) is 11.6. The normalized spacial score (nSPS) is 15.1. The standard InChI is InChI=1S/C28H27N3O4/c1-18-21-11-7-8-12-22(21)28(33)31(29-18)17-26(32)30-14-13-20-15-24(34-2)25(35-3)16-23(20)27(30)19-9-5-4-6-10-19/h4-12,15-16,27H,13-14,17H2,1-3H3. The molecule has 0 saturated heterocycles. The number of hydrogen-bond acceptors (Lipinski definition) is 5. The van der Waals surface area contributed by atoms with Crippen molar-refractivity contribution in [2.75, 3.05) is 20.8 Å². The Kier molecular flexibility index (Phi) is 5.99. The van der Waals surface area contributed by atoms with Crippen molar-refractivity contribution in [3.05, 3.63) is 99.5 Å². The molecule has 1 aliphatic heterocycles. The molecule has 0 saturated carbocycles. The van der Waals surface area contributed by atoms with E-state index in [0.29, 0.717) is 35.5 Å². The Hall–Kier alpha value is -4.13. The number of amides is 1. The molecule has 1 aromatic heterocycles. The molecule has 0 spiro atoms. The highest BCUT2D eigenvalue weighted by Crippen LogP contribution is 2.41. The van der Waals surface area contributed by atoms with E-state index < -0.39 is 0 Å². The number of benzene rings is 3. The van der Waals surface area contributed by atoms with Crippen LogP contribution in [0.2, 0.25) is 0 Å². The van der Waals surface area contributed by atoms with E-state index in [0.717, 1.165) is 22.1 Å². The first-order chi connectivity index (χ1) is 17.0. The minimum absolute atomic E-state index is 0.129. The van der Waals surface area contributed by atoms with Crippen LogP contribution in [0.4, 0.5) is 0 Å². The number of aromatic nitrogens is 2. The number of ether oxygens (including phenoxy) is 2. The van der Waals surface area contributed by atoms with Gasteiger partial charge in [-0.15, -0.1) is 0 Å². The lowest BCUT2D eigenvalue weighted by atomic mass is 9.87. The lowest BCUT2D eigenvalue weighted by Gasteiger charge is -2.38. The third-order valence-corrected chi connectivity index (χ3v) is 6.65. The molecule has 35 heavy (non-hydrogen) atoms. The number of methoxy groups -OCH3 is 2. The van der Waals surface area contributed by atoms with Gasteiger partial charge >= 0.3 is 0 Å². The molecule has 1 unspecified atom stereocenters. The molecule has 1 amide bonds. The fourth-order valence-corrected chi connectivity index (χ4v) is 4.94. The lowest BCUT2D eigenvalue weighted by Crippen LogP contribution is -2.43. The number of aryl methyl sites for hydroxylation is 1. The van der Waals surface area contributed by atoms with E-state index >= 15 is 0 Å². The zero-order valence-corrected chi connectivity index (χ0v) is 20.0. The third-order valence-electron chi connectivity index (χ3n) is 6.65. The largest absolute Gasteiger partial charge is 0.493 e. The molecule has 0 bridgehead atoms. The van der Waals surface area contributed by atoms with Crippen molar-refractivity contribution >= 4 is 16.7 Å². The summed E-state index contributed by atoms with van der Waals surface area (Å²) in [7, 11) is 3.22. The van der Waals surface area contributed by atoms with Gasteiger partial charge in [0, 0.05) is 11.9 Å². The van der Waals surface area contributed by atoms with E-state index in [2.05, 4.69) is 5.10 Å². The number of rotatable bonds is 5. The van der Waals surface area contributed by atoms with E-state index in [1.807, 2.05) is 72.5 Å². The fraction of sp³-hybridized carbons (Fsp3) is 0.250. The topological polar surface area (TPSA) is 73.7 Å². The number of carbonyl (C=O) groups is 1. The summed E-state index contributed by atoms with van der Waals surface area (Å²) >= 11 is 0. The molecule has 0 N–H and O–H groups in total. The summed E-state index contributed by atoms with van der Waals surface area (Å²) in [5, 5.41) is 5.81. The van der Waals surface area contributed by atoms with E-state index in [1.54, 1.807) is 20.3 Å². The Bertz CT molecular complexity index is 1460. The van der Waals surface area contributed by atoms with Crippen molar-refractivity contribution < 1.29 is 14.3 Å². The van der Waals surface area contributed by atoms with Crippen LogP contribution in [-0.4, -0.2) is 41.4 Å². The minimum atomic E-state index is -0.315. The highest BCUT2D eigenvalue weighted by molar-refractivity contribution is 5.84. The Morgan fingerprint density at radius 2 is 1.63 bits per heavy atom. The van der Waals surface area contributed by atoms with Crippen LogP contribution in [0.5, 0.6) is 11.5 Å². The van der Waals surface area contributed by atoms with Crippen LogP contribution in [0.3, 0.4) is 0 Å². The molecule has 5 rings (SSSR count). The molecule has 1 aliphatic rings. The van der Waals surface area contributed by atoms with Crippen LogP contribution >= 0.6 is 0 Å². The third kappa shape index (κ3) is 4.03. The second-order valence-corrected chi connectivity index (χ2v) is 8.65. The van der Waals surface area contributed by atoms with Gasteiger partial charge in [0.2, 0.25) is 5.91 Å². The van der Waals surface area contributed by atoms with E-state index in [9.17, 15) is 9.59 Å². The molecule has 178 valence electrons. The van der Waals surface area contributed by atoms with Gasteiger partial charge < -0.3 is 14.4 Å². The first-order valence-corrected chi connectivity index (χ1v) is 11.6. The van der Waals surface area contributed by atoms with Gasteiger partial charge in [0.25, 0.3) is 5.56 Å². The summed E-state index contributed by atoms with van der Waals surface area (Å²) in [6.45, 7) is 2.24. The molecular formula is C28H27N3O4. The average molecular weight is 470 g/mol. The molecule has 7 heteroatoms. The zero-order chi connectivity index (χ0) is 24.5. The molecule has 1 atom stereocenters. The molecule has 0 fully saturated rings. The molecule has 7 nitrogen and oxygen atoms in total. The van der Waals surface area contributed by atoms with Crippen molar-refractivity contribution in [1.82, 2.24) is 14.7 Å². The van der Waals surface area contributed by atoms with Crippen molar-refractivity contribution in [3.63, 3.8) is 0 Å². The van der Waals surface area contributed by atoms with Crippen LogP contribution in [0.15, 0.2) is 71.5 Å². The summed E-state index contributed by atoms with van der Waals surface area (Å²) in [6, 6.07) is 20.9. The fourth-order valence-electron chi connectivity index (χ4n) is 4.94.